The predicted molar refractivity (Wildman–Crippen MR) is 140 cm³/mol. The van der Waals surface area contributed by atoms with Gasteiger partial charge in [-0.15, -0.1) is 17.2 Å². The Hall–Kier alpha value is 0.860. The highest BCUT2D eigenvalue weighted by atomic mass is 31.1. The summed E-state index contributed by atoms with van der Waals surface area (Å²) in [7, 11) is 2.53. The van der Waals surface area contributed by atoms with E-state index in [2.05, 4.69) is 13.8 Å². The molecule has 0 rings (SSSR count). The maximum Gasteiger partial charge on any atom is -0.0316 e. The Morgan fingerprint density at radius 1 is 0.286 bits per heavy atom. The van der Waals surface area contributed by atoms with E-state index in [1.807, 2.05) is 0 Å². The molecule has 2 unspecified atom stereocenters. The fourth-order valence-electron chi connectivity index (χ4n) is 3.90. The van der Waals surface area contributed by atoms with Crippen LogP contribution in [0.25, 0.3) is 0 Å². The first-order chi connectivity index (χ1) is 13.9. The molecule has 0 nitrogen and oxygen atoms in total. The summed E-state index contributed by atoms with van der Waals surface area (Å²) in [6.45, 7) is 4.61. The first kappa shape index (κ1) is 28.9. The number of hydrogen-bond acceptors (Lipinski definition) is 0. The molecule has 0 amide bonds. The molecule has 0 spiro atoms. The first-order valence-electron chi connectivity index (χ1n) is 13.3. The van der Waals surface area contributed by atoms with Crippen molar-refractivity contribution in [3.05, 3.63) is 0 Å². The van der Waals surface area contributed by atoms with Crippen LogP contribution < -0.4 is 0 Å². The molecule has 0 aromatic rings. The van der Waals surface area contributed by atoms with Crippen LogP contribution >= 0.6 is 17.2 Å². The zero-order chi connectivity index (χ0) is 20.4. The number of unbranched alkanes of at least 4 members (excludes halogenated alkanes) is 18. The Bertz CT molecular complexity index is 229. The average molecular weight is 431 g/mol. The molecule has 0 aromatic carbocycles. The maximum atomic E-state index is 2.31. The van der Waals surface area contributed by atoms with Crippen molar-refractivity contribution in [2.24, 2.45) is 0 Å². The van der Waals surface area contributed by atoms with Crippen molar-refractivity contribution in [3.63, 3.8) is 0 Å². The third-order valence-corrected chi connectivity index (χ3v) is 9.01. The van der Waals surface area contributed by atoms with Crippen LogP contribution in [0.5, 0.6) is 0 Å². The van der Waals surface area contributed by atoms with Gasteiger partial charge in [0, 0.05) is 0 Å². The summed E-state index contributed by atoms with van der Waals surface area (Å²) in [6.07, 6.45) is 35.6. The summed E-state index contributed by atoms with van der Waals surface area (Å²) in [5, 5.41) is 0. The van der Waals surface area contributed by atoms with Crippen LogP contribution in [0, 0.1) is 0 Å². The van der Waals surface area contributed by atoms with Crippen LogP contribution in [0.1, 0.15) is 142 Å². The summed E-state index contributed by atoms with van der Waals surface area (Å²) in [6, 6.07) is 0. The van der Waals surface area contributed by atoms with E-state index in [-0.39, 0.29) is 0 Å². The normalized spacial score (nSPS) is 12.2. The van der Waals surface area contributed by atoms with Crippen molar-refractivity contribution in [1.82, 2.24) is 0 Å². The molecule has 0 aliphatic rings. The van der Waals surface area contributed by atoms with Crippen molar-refractivity contribution in [3.8, 4) is 0 Å². The monoisotopic (exact) mass is 430 g/mol. The van der Waals surface area contributed by atoms with Gasteiger partial charge in [-0.2, -0.15) is 0 Å². The molecule has 0 saturated carbocycles. The third kappa shape index (κ3) is 26.9. The minimum Gasteiger partial charge on any atom is -0.122 e. The van der Waals surface area contributed by atoms with Crippen molar-refractivity contribution in [1.29, 1.82) is 0 Å². The molecular formula is C26H56P2. The second-order valence-corrected chi connectivity index (χ2v) is 11.9. The molecule has 170 valence electrons. The van der Waals surface area contributed by atoms with E-state index in [1.165, 1.54) is 170 Å². The van der Waals surface area contributed by atoms with Gasteiger partial charge in [0.25, 0.3) is 0 Å². The second-order valence-electron chi connectivity index (χ2n) is 8.86. The van der Waals surface area contributed by atoms with Crippen LogP contribution in [-0.2, 0) is 0 Å². The molecule has 0 radical (unpaired) electrons. The summed E-state index contributed by atoms with van der Waals surface area (Å²) in [5.74, 6) is 0. The molecule has 2 heteroatoms. The van der Waals surface area contributed by atoms with Crippen molar-refractivity contribution in [2.45, 2.75) is 142 Å². The van der Waals surface area contributed by atoms with Gasteiger partial charge >= 0.3 is 0 Å². The molecule has 0 heterocycles. The molecule has 0 saturated heterocycles. The molecule has 0 aromatic heterocycles. The second kappa shape index (κ2) is 27.9. The Balaban J connectivity index is 2.96. The molecule has 2 atom stereocenters. The van der Waals surface area contributed by atoms with Crippen molar-refractivity contribution < 1.29 is 0 Å². The Kier molecular flexibility index (Phi) is 28.7. The van der Waals surface area contributed by atoms with Crippen molar-refractivity contribution in [2.75, 3.05) is 24.6 Å². The van der Waals surface area contributed by atoms with E-state index >= 15 is 0 Å². The Labute approximate surface area is 184 Å². The van der Waals surface area contributed by atoms with Crippen LogP contribution in [0.2, 0.25) is 0 Å². The number of rotatable bonds is 25. The molecule has 0 N–H and O–H groups in total. The summed E-state index contributed by atoms with van der Waals surface area (Å²) < 4.78 is 0. The smallest absolute Gasteiger partial charge is 0.0316 e. The largest absolute Gasteiger partial charge is 0.122 e. The van der Waals surface area contributed by atoms with E-state index < -0.39 is 0 Å². The van der Waals surface area contributed by atoms with Gasteiger partial charge in [0.2, 0.25) is 0 Å². The van der Waals surface area contributed by atoms with Crippen LogP contribution in [0.15, 0.2) is 0 Å². The zero-order valence-corrected chi connectivity index (χ0v) is 22.0. The Morgan fingerprint density at radius 3 is 0.821 bits per heavy atom. The van der Waals surface area contributed by atoms with Gasteiger partial charge in [-0.3, -0.25) is 0 Å². The van der Waals surface area contributed by atoms with Gasteiger partial charge in [-0.1, -0.05) is 129 Å². The highest BCUT2D eigenvalue weighted by Crippen LogP contribution is 2.21. The van der Waals surface area contributed by atoms with Gasteiger partial charge in [-0.05, 0) is 37.5 Å². The van der Waals surface area contributed by atoms with E-state index in [1.54, 1.807) is 0 Å². The molecule has 0 fully saturated rings. The molecule has 28 heavy (non-hydrogen) atoms. The molecule has 0 aliphatic heterocycles. The van der Waals surface area contributed by atoms with Gasteiger partial charge in [0.05, 0.1) is 0 Å². The molecule has 0 bridgehead atoms. The molecule has 0 aliphatic carbocycles. The van der Waals surface area contributed by atoms with E-state index in [0.717, 1.165) is 0 Å². The fourth-order valence-corrected chi connectivity index (χ4v) is 6.82. The summed E-state index contributed by atoms with van der Waals surface area (Å²) >= 11 is 0. The standard InChI is InChI=1S/C26H56P2/c1-3-5-7-9-11-13-15-17-19-21-23-27-25-26-28-24-22-20-18-16-14-12-10-8-6-4-2/h27-28H,3-26H2,1-2H3. The fraction of sp³-hybridized carbons (Fsp3) is 1.00. The summed E-state index contributed by atoms with van der Waals surface area (Å²) in [5.41, 5.74) is 0. The third-order valence-electron chi connectivity index (χ3n) is 5.89. The maximum absolute atomic E-state index is 2.31. The van der Waals surface area contributed by atoms with Gasteiger partial charge in [0.1, 0.15) is 0 Å². The quantitative estimate of drug-likeness (QED) is 0.0998. The van der Waals surface area contributed by atoms with Crippen molar-refractivity contribution >= 4 is 17.2 Å². The van der Waals surface area contributed by atoms with Crippen LogP contribution in [-0.4, -0.2) is 24.6 Å². The number of hydrogen-bond donors (Lipinski definition) is 0. The Morgan fingerprint density at radius 2 is 0.536 bits per heavy atom. The summed E-state index contributed by atoms with van der Waals surface area (Å²) in [4.78, 5) is 0. The van der Waals surface area contributed by atoms with Gasteiger partial charge in [-0.25, -0.2) is 0 Å². The lowest BCUT2D eigenvalue weighted by molar-refractivity contribution is 0.563. The van der Waals surface area contributed by atoms with Crippen LogP contribution in [0.4, 0.5) is 0 Å². The average Bonchev–Trinajstić information content (AvgIpc) is 2.71. The van der Waals surface area contributed by atoms with E-state index in [0.29, 0.717) is 0 Å². The van der Waals surface area contributed by atoms with Crippen LogP contribution in [0.3, 0.4) is 0 Å². The minimum atomic E-state index is 1.26. The topological polar surface area (TPSA) is 0 Å². The lowest BCUT2D eigenvalue weighted by atomic mass is 10.1. The SMILES string of the molecule is CCCCCCCCCCCCPCCPCCCCCCCCCCCC. The van der Waals surface area contributed by atoms with E-state index in [4.69, 9.17) is 0 Å². The highest BCUT2D eigenvalue weighted by molar-refractivity contribution is 7.42. The van der Waals surface area contributed by atoms with E-state index in [9.17, 15) is 0 Å². The lowest BCUT2D eigenvalue weighted by Crippen LogP contribution is -1.87. The van der Waals surface area contributed by atoms with Gasteiger partial charge in [0.15, 0.2) is 0 Å². The first-order valence-corrected chi connectivity index (χ1v) is 16.2. The predicted octanol–water partition coefficient (Wildman–Crippen LogP) is 10.2. The lowest BCUT2D eigenvalue weighted by Gasteiger charge is -2.04. The zero-order valence-electron chi connectivity index (χ0n) is 20.0. The highest BCUT2D eigenvalue weighted by Gasteiger charge is 1.95. The molecular weight excluding hydrogens is 374 g/mol. The minimum absolute atomic E-state index is 1.26. The van der Waals surface area contributed by atoms with Gasteiger partial charge < -0.3 is 0 Å².